The Kier molecular flexibility index (Phi) is 3.84. The van der Waals surface area contributed by atoms with E-state index < -0.39 is 5.97 Å². The Balaban J connectivity index is 2.85. The van der Waals surface area contributed by atoms with Crippen LogP contribution in [0.2, 0.25) is 0 Å². The van der Waals surface area contributed by atoms with Gasteiger partial charge >= 0.3 is 5.97 Å². The lowest BCUT2D eigenvalue weighted by Crippen LogP contribution is -2.20. The molecular weight excluding hydrogens is 206 g/mol. The van der Waals surface area contributed by atoms with Crippen LogP contribution in [0.4, 0.5) is 5.82 Å². The van der Waals surface area contributed by atoms with Crippen LogP contribution in [-0.4, -0.2) is 22.1 Å². The van der Waals surface area contributed by atoms with Crippen molar-refractivity contribution in [1.29, 1.82) is 5.26 Å². The molecule has 5 heteroatoms. The molecule has 16 heavy (non-hydrogen) atoms. The van der Waals surface area contributed by atoms with Crippen LogP contribution in [0.15, 0.2) is 12.3 Å². The Morgan fingerprint density at radius 3 is 3.00 bits per heavy atom. The maximum atomic E-state index is 10.5. The molecule has 0 radical (unpaired) electrons. The van der Waals surface area contributed by atoms with Crippen molar-refractivity contribution in [3.63, 3.8) is 0 Å². The van der Waals surface area contributed by atoms with Crippen LogP contribution >= 0.6 is 0 Å². The summed E-state index contributed by atoms with van der Waals surface area (Å²) < 4.78 is 0. The second-order valence-corrected chi connectivity index (χ2v) is 3.61. The Hall–Kier alpha value is -2.09. The maximum Gasteiger partial charge on any atom is 0.305 e. The van der Waals surface area contributed by atoms with Gasteiger partial charge in [0.1, 0.15) is 11.9 Å². The van der Waals surface area contributed by atoms with Gasteiger partial charge in [-0.05, 0) is 25.5 Å². The molecule has 0 aromatic carbocycles. The lowest BCUT2D eigenvalue weighted by atomic mass is 10.1. The quantitative estimate of drug-likeness (QED) is 0.802. The number of hydrogen-bond donors (Lipinski definition) is 2. The second kappa shape index (κ2) is 5.12. The average Bonchev–Trinajstić information content (AvgIpc) is 2.16. The number of aliphatic carboxylic acids is 1. The van der Waals surface area contributed by atoms with Gasteiger partial charge in [-0.15, -0.1) is 0 Å². The van der Waals surface area contributed by atoms with E-state index in [1.807, 2.05) is 6.92 Å². The summed E-state index contributed by atoms with van der Waals surface area (Å²) in [4.78, 5) is 14.5. The van der Waals surface area contributed by atoms with Gasteiger partial charge in [0.15, 0.2) is 0 Å². The van der Waals surface area contributed by atoms with Crippen LogP contribution in [0.1, 0.15) is 24.5 Å². The van der Waals surface area contributed by atoms with Crippen LogP contribution in [0.3, 0.4) is 0 Å². The van der Waals surface area contributed by atoms with Crippen LogP contribution in [0.5, 0.6) is 0 Å². The Labute approximate surface area is 93.7 Å². The molecule has 1 atom stereocenters. The lowest BCUT2D eigenvalue weighted by Gasteiger charge is -2.13. The van der Waals surface area contributed by atoms with Crippen molar-refractivity contribution in [1.82, 2.24) is 4.98 Å². The highest BCUT2D eigenvalue weighted by Gasteiger charge is 2.11. The van der Waals surface area contributed by atoms with E-state index in [1.54, 1.807) is 19.2 Å². The maximum absolute atomic E-state index is 10.5. The number of nitriles is 1. The van der Waals surface area contributed by atoms with Gasteiger partial charge in [-0.1, -0.05) is 0 Å². The molecule has 0 amide bonds. The van der Waals surface area contributed by atoms with E-state index in [-0.39, 0.29) is 12.5 Å². The molecule has 1 heterocycles. The Morgan fingerprint density at radius 1 is 1.75 bits per heavy atom. The van der Waals surface area contributed by atoms with Gasteiger partial charge in [0.2, 0.25) is 0 Å². The van der Waals surface area contributed by atoms with E-state index in [0.717, 1.165) is 5.56 Å². The predicted molar refractivity (Wildman–Crippen MR) is 59.0 cm³/mol. The van der Waals surface area contributed by atoms with Crippen molar-refractivity contribution in [2.45, 2.75) is 26.3 Å². The highest BCUT2D eigenvalue weighted by Crippen LogP contribution is 2.16. The topological polar surface area (TPSA) is 86.0 Å². The molecule has 1 aromatic heterocycles. The number of aryl methyl sites for hydroxylation is 1. The van der Waals surface area contributed by atoms with E-state index in [0.29, 0.717) is 11.4 Å². The lowest BCUT2D eigenvalue weighted by molar-refractivity contribution is -0.137. The number of pyridine rings is 1. The van der Waals surface area contributed by atoms with Crippen LogP contribution in [0, 0.1) is 18.3 Å². The molecule has 1 rings (SSSR count). The van der Waals surface area contributed by atoms with Crippen LogP contribution in [-0.2, 0) is 4.79 Å². The van der Waals surface area contributed by atoms with Crippen molar-refractivity contribution in [3.8, 4) is 6.07 Å². The van der Waals surface area contributed by atoms with Crippen LogP contribution in [0.25, 0.3) is 0 Å². The molecule has 2 N–H and O–H groups in total. The summed E-state index contributed by atoms with van der Waals surface area (Å²) in [6.07, 6.45) is 1.58. The SMILES string of the molecule is Cc1ccnc(NC(C)CC(=O)O)c1C#N. The molecule has 0 fully saturated rings. The highest BCUT2D eigenvalue weighted by atomic mass is 16.4. The van der Waals surface area contributed by atoms with Gasteiger partial charge in [-0.25, -0.2) is 4.98 Å². The van der Waals surface area contributed by atoms with Crippen molar-refractivity contribution in [2.24, 2.45) is 0 Å². The first-order valence-electron chi connectivity index (χ1n) is 4.88. The number of aromatic nitrogens is 1. The third kappa shape index (κ3) is 2.95. The zero-order valence-corrected chi connectivity index (χ0v) is 9.19. The minimum atomic E-state index is -0.883. The molecule has 0 saturated carbocycles. The molecular formula is C11H13N3O2. The number of anilines is 1. The molecule has 1 aromatic rings. The molecule has 1 unspecified atom stereocenters. The Morgan fingerprint density at radius 2 is 2.44 bits per heavy atom. The molecule has 0 bridgehead atoms. The van der Waals surface area contributed by atoms with Gasteiger partial charge in [0, 0.05) is 12.2 Å². The largest absolute Gasteiger partial charge is 0.481 e. The number of nitrogens with one attached hydrogen (secondary N) is 1. The summed E-state index contributed by atoms with van der Waals surface area (Å²) >= 11 is 0. The number of carboxylic acid groups (broad SMARTS) is 1. The molecule has 0 aliphatic heterocycles. The second-order valence-electron chi connectivity index (χ2n) is 3.61. The van der Waals surface area contributed by atoms with Crippen LogP contribution < -0.4 is 5.32 Å². The predicted octanol–water partition coefficient (Wildman–Crippen LogP) is 1.54. The van der Waals surface area contributed by atoms with Crippen molar-refractivity contribution in [2.75, 3.05) is 5.32 Å². The fourth-order valence-electron chi connectivity index (χ4n) is 1.36. The third-order valence-corrected chi connectivity index (χ3v) is 2.14. The summed E-state index contributed by atoms with van der Waals surface area (Å²) in [6.45, 7) is 3.55. The average molecular weight is 219 g/mol. The number of nitrogens with zero attached hydrogens (tertiary/aromatic N) is 2. The summed E-state index contributed by atoms with van der Waals surface area (Å²) in [6, 6.07) is 3.53. The zero-order chi connectivity index (χ0) is 12.1. The van der Waals surface area contributed by atoms with Crippen molar-refractivity contribution in [3.05, 3.63) is 23.4 Å². The molecule has 0 aliphatic carbocycles. The minimum absolute atomic E-state index is 0.0134. The molecule has 0 aliphatic rings. The number of carbonyl (C=O) groups is 1. The summed E-state index contributed by atoms with van der Waals surface area (Å²) in [5, 5.41) is 20.5. The summed E-state index contributed by atoms with van der Waals surface area (Å²) in [7, 11) is 0. The van der Waals surface area contributed by atoms with Gasteiger partial charge in [0.05, 0.1) is 12.0 Å². The van der Waals surface area contributed by atoms with Crippen molar-refractivity contribution >= 4 is 11.8 Å². The molecule has 0 saturated heterocycles. The van der Waals surface area contributed by atoms with Gasteiger partial charge < -0.3 is 10.4 Å². The Bertz CT molecular complexity index is 437. The monoisotopic (exact) mass is 219 g/mol. The number of carboxylic acids is 1. The minimum Gasteiger partial charge on any atom is -0.481 e. The molecule has 5 nitrogen and oxygen atoms in total. The summed E-state index contributed by atoms with van der Waals surface area (Å²) in [5.41, 5.74) is 1.28. The smallest absolute Gasteiger partial charge is 0.305 e. The third-order valence-electron chi connectivity index (χ3n) is 2.14. The van der Waals surface area contributed by atoms with E-state index in [1.165, 1.54) is 0 Å². The van der Waals surface area contributed by atoms with E-state index in [2.05, 4.69) is 16.4 Å². The first-order valence-corrected chi connectivity index (χ1v) is 4.88. The number of rotatable bonds is 4. The number of hydrogen-bond acceptors (Lipinski definition) is 4. The van der Waals surface area contributed by atoms with Crippen molar-refractivity contribution < 1.29 is 9.90 Å². The van der Waals surface area contributed by atoms with E-state index in [4.69, 9.17) is 10.4 Å². The zero-order valence-electron chi connectivity index (χ0n) is 9.19. The van der Waals surface area contributed by atoms with Gasteiger partial charge in [-0.2, -0.15) is 5.26 Å². The summed E-state index contributed by atoms with van der Waals surface area (Å²) in [5.74, 6) is -0.442. The highest BCUT2D eigenvalue weighted by molar-refractivity contribution is 5.68. The normalized spacial score (nSPS) is 11.6. The first-order chi connectivity index (χ1) is 7.54. The standard InChI is InChI=1S/C11H13N3O2/c1-7-3-4-13-11(9(7)6-12)14-8(2)5-10(15)16/h3-4,8H,5H2,1-2H3,(H,13,14)(H,15,16). The van der Waals surface area contributed by atoms with Gasteiger partial charge in [-0.3, -0.25) is 4.79 Å². The first kappa shape index (κ1) is 12.0. The van der Waals surface area contributed by atoms with E-state index >= 15 is 0 Å². The fraction of sp³-hybridized carbons (Fsp3) is 0.364. The fourth-order valence-corrected chi connectivity index (χ4v) is 1.36. The van der Waals surface area contributed by atoms with Gasteiger partial charge in [0.25, 0.3) is 0 Å². The van der Waals surface area contributed by atoms with E-state index in [9.17, 15) is 4.79 Å². The molecule has 0 spiro atoms. The molecule has 84 valence electrons.